The molecule has 4 fully saturated rings. The Hall–Kier alpha value is -4.74. The quantitative estimate of drug-likeness (QED) is 0.00959. The predicted molar refractivity (Wildman–Crippen MR) is 227 cm³/mol. The third-order valence-corrected chi connectivity index (χ3v) is 15.1. The van der Waals surface area contributed by atoms with E-state index in [0.29, 0.717) is 93.4 Å². The van der Waals surface area contributed by atoms with Crippen LogP contribution >= 0.6 is 0 Å². The van der Waals surface area contributed by atoms with Crippen LogP contribution in [0.3, 0.4) is 0 Å². The van der Waals surface area contributed by atoms with Crippen LogP contribution in [0.1, 0.15) is 104 Å². The minimum Gasteiger partial charge on any atom is -0.463 e. The van der Waals surface area contributed by atoms with Crippen molar-refractivity contribution in [1.82, 2.24) is 20.9 Å². The summed E-state index contributed by atoms with van der Waals surface area (Å²) in [4.78, 5) is 40.4. The van der Waals surface area contributed by atoms with Crippen LogP contribution in [0.2, 0.25) is 0 Å². The SMILES string of the molecule is CC(CCC(=O)OCCOCCOCCN=[N+]=[N-])C1CCC2C3CC[C@@H]4C[C@H](NC(=O)C(CCCNC(=N)N)Nc5ccc([N+](=O)[O-])c6nonc56)CC[C@]4(C)C3CC[C@]12C. The van der Waals surface area contributed by atoms with Crippen LogP contribution in [0, 0.1) is 61.9 Å². The molecule has 1 amide bonds. The van der Waals surface area contributed by atoms with Gasteiger partial charge in [-0.15, -0.1) is 0 Å². The standard InChI is InChI=1S/C42H65N11O8/c1-26(6-13-36(54)60-24-23-59-22-21-58-20-19-47-52-45)30-9-10-31-29-8-7-27-25-28(14-16-41(27,2)32(29)15-17-42(30,31)3)48-39(55)34(5-4-18-46-40(43)44)49-33-11-12-35(53(56)57)38-37(33)50-61-51-38/h11-12,26-32,34,49H,4-10,13-25H2,1-3H3,(H,48,55)(H4,43,44,46)/t26?,27-,28-,29?,30?,31?,32?,34?,41+,42-/m1/s1. The Labute approximate surface area is 356 Å². The first-order valence-corrected chi connectivity index (χ1v) is 22.2. The highest BCUT2D eigenvalue weighted by atomic mass is 16.6. The molecule has 4 aliphatic rings. The molecule has 0 aliphatic heterocycles. The van der Waals surface area contributed by atoms with Gasteiger partial charge in [-0.1, -0.05) is 25.9 Å². The highest BCUT2D eigenvalue weighted by molar-refractivity contribution is 5.95. The Morgan fingerprint density at radius 2 is 1.77 bits per heavy atom. The van der Waals surface area contributed by atoms with Crippen molar-refractivity contribution in [2.24, 2.45) is 57.2 Å². The second kappa shape index (κ2) is 20.9. The molecule has 6 N–H and O–H groups in total. The summed E-state index contributed by atoms with van der Waals surface area (Å²) in [6, 6.07) is 2.23. The molecule has 19 nitrogen and oxygen atoms in total. The van der Waals surface area contributed by atoms with Gasteiger partial charge in [0.2, 0.25) is 11.4 Å². The van der Waals surface area contributed by atoms with Gasteiger partial charge in [0.15, 0.2) is 11.5 Å². The number of guanidine groups is 1. The summed E-state index contributed by atoms with van der Waals surface area (Å²) in [5.74, 6) is 3.15. The molecule has 336 valence electrons. The van der Waals surface area contributed by atoms with Crippen LogP contribution in [-0.2, 0) is 23.8 Å². The van der Waals surface area contributed by atoms with Crippen molar-refractivity contribution in [2.45, 2.75) is 116 Å². The van der Waals surface area contributed by atoms with Gasteiger partial charge in [-0.05, 0) is 145 Å². The molecule has 6 rings (SSSR count). The second-order valence-electron chi connectivity index (χ2n) is 18.3. The van der Waals surface area contributed by atoms with Gasteiger partial charge in [-0.3, -0.25) is 25.1 Å². The van der Waals surface area contributed by atoms with Gasteiger partial charge in [0.05, 0.1) is 37.0 Å². The van der Waals surface area contributed by atoms with Gasteiger partial charge in [-0.2, -0.15) is 0 Å². The summed E-state index contributed by atoms with van der Waals surface area (Å²) in [5.41, 5.74) is 14.7. The van der Waals surface area contributed by atoms with E-state index in [1.54, 1.807) is 0 Å². The van der Waals surface area contributed by atoms with Crippen molar-refractivity contribution >= 4 is 40.2 Å². The number of hydrogen-bond acceptors (Lipinski definition) is 13. The maximum atomic E-state index is 14.0. The molecule has 2 aromatic rings. The number of ether oxygens (including phenoxy) is 3. The van der Waals surface area contributed by atoms with Crippen LogP contribution in [-0.4, -0.2) is 91.3 Å². The number of amides is 1. The molecule has 0 spiro atoms. The van der Waals surface area contributed by atoms with E-state index >= 15 is 0 Å². The maximum Gasteiger partial charge on any atom is 0.305 e. The molecule has 1 heterocycles. The van der Waals surface area contributed by atoms with Crippen LogP contribution in [0.25, 0.3) is 21.5 Å². The fourth-order valence-corrected chi connectivity index (χ4v) is 12.1. The van der Waals surface area contributed by atoms with Crippen LogP contribution < -0.4 is 21.7 Å². The van der Waals surface area contributed by atoms with Gasteiger partial charge in [0, 0.05) is 36.5 Å². The Balaban J connectivity index is 0.988. The van der Waals surface area contributed by atoms with E-state index in [0.717, 1.165) is 32.1 Å². The lowest BCUT2D eigenvalue weighted by Crippen LogP contribution is -2.56. The third-order valence-electron chi connectivity index (χ3n) is 15.1. The predicted octanol–water partition coefficient (Wildman–Crippen LogP) is 6.62. The number of nitro benzene ring substituents is 1. The molecule has 6 unspecified atom stereocenters. The number of carbonyl (C=O) groups is 2. The zero-order chi connectivity index (χ0) is 43.6. The summed E-state index contributed by atoms with van der Waals surface area (Å²) >= 11 is 0. The molecule has 4 aliphatic carbocycles. The van der Waals surface area contributed by atoms with Crippen molar-refractivity contribution in [3.8, 4) is 0 Å². The first-order valence-electron chi connectivity index (χ1n) is 22.2. The highest BCUT2D eigenvalue weighted by Crippen LogP contribution is 2.68. The summed E-state index contributed by atoms with van der Waals surface area (Å²) < 4.78 is 21.1. The average Bonchev–Trinajstić information content (AvgIpc) is 3.87. The molecule has 19 heteroatoms. The number of esters is 1. The van der Waals surface area contributed by atoms with E-state index in [-0.39, 0.29) is 64.6 Å². The van der Waals surface area contributed by atoms with E-state index in [1.165, 1.54) is 44.2 Å². The van der Waals surface area contributed by atoms with E-state index < -0.39 is 11.0 Å². The number of nitro groups is 1. The fraction of sp³-hybridized carbons (Fsp3) is 0.786. The number of aromatic nitrogens is 2. The van der Waals surface area contributed by atoms with Crippen LogP contribution in [0.5, 0.6) is 0 Å². The van der Waals surface area contributed by atoms with E-state index in [2.05, 4.69) is 57.1 Å². The monoisotopic (exact) mass is 852 g/mol. The molecule has 0 saturated heterocycles. The first-order chi connectivity index (χ1) is 29.4. The lowest BCUT2D eigenvalue weighted by Gasteiger charge is -2.61. The number of fused-ring (bicyclic) bond motifs is 6. The molecule has 1 aromatic heterocycles. The Kier molecular flexibility index (Phi) is 15.7. The number of anilines is 1. The molecule has 0 bridgehead atoms. The Morgan fingerprint density at radius 3 is 2.54 bits per heavy atom. The summed E-state index contributed by atoms with van der Waals surface area (Å²) in [6.45, 7) is 9.78. The number of hydrogen-bond donors (Lipinski definition) is 5. The van der Waals surface area contributed by atoms with Gasteiger partial charge in [0.1, 0.15) is 12.6 Å². The molecule has 0 radical (unpaired) electrons. The van der Waals surface area contributed by atoms with E-state index in [9.17, 15) is 19.7 Å². The normalized spacial score (nSPS) is 28.9. The number of nitrogens with one attached hydrogen (secondary N) is 4. The topological polar surface area (TPSA) is 279 Å². The minimum absolute atomic E-state index is 0.0115. The van der Waals surface area contributed by atoms with Crippen molar-refractivity contribution in [2.75, 3.05) is 51.4 Å². The van der Waals surface area contributed by atoms with Crippen molar-refractivity contribution in [3.05, 3.63) is 32.7 Å². The summed E-state index contributed by atoms with van der Waals surface area (Å²) in [7, 11) is 0. The first kappa shape index (κ1) is 45.8. The largest absolute Gasteiger partial charge is 0.463 e. The van der Waals surface area contributed by atoms with Gasteiger partial charge in [-0.25, -0.2) is 4.63 Å². The molecule has 61 heavy (non-hydrogen) atoms. The number of non-ortho nitro benzene ring substituents is 1. The zero-order valence-electron chi connectivity index (χ0n) is 35.9. The maximum absolute atomic E-state index is 14.0. The van der Waals surface area contributed by atoms with Gasteiger partial charge < -0.3 is 35.9 Å². The highest BCUT2D eigenvalue weighted by Gasteiger charge is 2.60. The average molecular weight is 852 g/mol. The summed E-state index contributed by atoms with van der Waals surface area (Å²) in [6.07, 6.45) is 12.4. The second-order valence-corrected chi connectivity index (χ2v) is 18.3. The van der Waals surface area contributed by atoms with E-state index in [1.807, 2.05) is 0 Å². The molecule has 1 aromatic carbocycles. The molecular formula is C42H65N11O8. The number of carbonyl (C=O) groups excluding carboxylic acids is 2. The third kappa shape index (κ3) is 10.8. The summed E-state index contributed by atoms with van der Waals surface area (Å²) in [5, 5.41) is 39.6. The van der Waals surface area contributed by atoms with Crippen LogP contribution in [0.15, 0.2) is 21.9 Å². The molecular weight excluding hydrogens is 787 g/mol. The number of nitrogens with two attached hydrogens (primary N) is 1. The Morgan fingerprint density at radius 1 is 1.03 bits per heavy atom. The van der Waals surface area contributed by atoms with Gasteiger partial charge in [0.25, 0.3) is 0 Å². The number of benzene rings is 1. The molecule has 4 saturated carbocycles. The van der Waals surface area contributed by atoms with Crippen molar-refractivity contribution in [3.63, 3.8) is 0 Å². The van der Waals surface area contributed by atoms with E-state index in [4.69, 9.17) is 35.5 Å². The lowest BCUT2D eigenvalue weighted by molar-refractivity contribution is -0.383. The Bertz CT molecular complexity index is 1890. The lowest BCUT2D eigenvalue weighted by atomic mass is 9.44. The molecule has 10 atom stereocenters. The minimum atomic E-state index is -0.668. The van der Waals surface area contributed by atoms with Crippen molar-refractivity contribution in [1.29, 1.82) is 5.41 Å². The van der Waals surface area contributed by atoms with Crippen LogP contribution in [0.4, 0.5) is 11.4 Å². The smallest absolute Gasteiger partial charge is 0.305 e. The van der Waals surface area contributed by atoms with Gasteiger partial charge >= 0.3 is 11.7 Å². The number of azide groups is 1. The fourth-order valence-electron chi connectivity index (χ4n) is 12.1. The zero-order valence-corrected chi connectivity index (χ0v) is 35.9. The van der Waals surface area contributed by atoms with Crippen molar-refractivity contribution < 1.29 is 33.4 Å². The number of nitrogens with zero attached hydrogens (tertiary/aromatic N) is 6. The number of rotatable bonds is 22.